The molecule has 0 aliphatic rings. The van der Waals surface area contributed by atoms with E-state index in [1.807, 2.05) is 24.3 Å². The summed E-state index contributed by atoms with van der Waals surface area (Å²) in [5.41, 5.74) is 0. The van der Waals surface area contributed by atoms with Crippen LogP contribution in [-0.4, -0.2) is 24.1 Å². The summed E-state index contributed by atoms with van der Waals surface area (Å²) in [5, 5.41) is 3.80. The molecule has 0 radical (unpaired) electrons. The molecular weight excluding hydrogens is 314 g/mol. The molecule has 0 aliphatic heterocycles. The molecule has 0 bridgehead atoms. The average molecular weight is 326 g/mol. The number of hydrogen-bond acceptors (Lipinski definition) is 5. The van der Waals surface area contributed by atoms with Gasteiger partial charge in [0.05, 0.1) is 11.6 Å². The van der Waals surface area contributed by atoms with Gasteiger partial charge in [0.15, 0.2) is 0 Å². The third-order valence-corrected chi connectivity index (χ3v) is 4.06. The van der Waals surface area contributed by atoms with Crippen molar-refractivity contribution in [3.05, 3.63) is 34.9 Å². The minimum atomic E-state index is 0.606. The number of methoxy groups -OCH3 is 1. The number of halogens is 1. The van der Waals surface area contributed by atoms with Crippen molar-refractivity contribution in [1.29, 1.82) is 0 Å². The number of ether oxygens (including phenoxy) is 1. The minimum Gasteiger partial charge on any atom is -0.497 e. The van der Waals surface area contributed by atoms with Crippen LogP contribution in [0, 0.1) is 0 Å². The molecule has 0 saturated carbocycles. The zero-order chi connectivity index (χ0) is 13.0. The number of anilines is 1. The van der Waals surface area contributed by atoms with Crippen LogP contribution >= 0.6 is 27.7 Å². The lowest BCUT2D eigenvalue weighted by Crippen LogP contribution is -1.97. The van der Waals surface area contributed by atoms with E-state index < -0.39 is 0 Å². The first-order valence-corrected chi connectivity index (χ1v) is 6.86. The van der Waals surface area contributed by atoms with Gasteiger partial charge in [0.1, 0.15) is 10.8 Å². The van der Waals surface area contributed by atoms with Crippen LogP contribution < -0.4 is 10.1 Å². The van der Waals surface area contributed by atoms with Crippen LogP contribution in [0.3, 0.4) is 0 Å². The fourth-order valence-electron chi connectivity index (χ4n) is 1.30. The van der Waals surface area contributed by atoms with Crippen LogP contribution in [0.2, 0.25) is 0 Å². The zero-order valence-corrected chi connectivity index (χ0v) is 12.4. The first kappa shape index (κ1) is 13.2. The van der Waals surface area contributed by atoms with Crippen molar-refractivity contribution in [3.8, 4) is 5.75 Å². The molecule has 0 fully saturated rings. The zero-order valence-electron chi connectivity index (χ0n) is 9.98. The molecule has 0 aliphatic carbocycles. The van der Waals surface area contributed by atoms with E-state index in [2.05, 4.69) is 31.2 Å². The predicted octanol–water partition coefficient (Wildman–Crippen LogP) is 3.44. The molecule has 1 aromatic carbocycles. The van der Waals surface area contributed by atoms with Gasteiger partial charge in [-0.2, -0.15) is 0 Å². The summed E-state index contributed by atoms with van der Waals surface area (Å²) in [4.78, 5) is 9.61. The van der Waals surface area contributed by atoms with Gasteiger partial charge in [0.2, 0.25) is 5.95 Å². The van der Waals surface area contributed by atoms with E-state index in [4.69, 9.17) is 4.74 Å². The van der Waals surface area contributed by atoms with E-state index in [1.165, 1.54) is 0 Å². The van der Waals surface area contributed by atoms with Crippen molar-refractivity contribution in [1.82, 2.24) is 9.97 Å². The van der Waals surface area contributed by atoms with Gasteiger partial charge in [-0.3, -0.25) is 0 Å². The summed E-state index contributed by atoms with van der Waals surface area (Å²) in [6.07, 6.45) is 1.74. The Labute approximate surface area is 118 Å². The highest BCUT2D eigenvalue weighted by atomic mass is 79.9. The molecule has 1 N–H and O–H groups in total. The lowest BCUT2D eigenvalue weighted by atomic mass is 10.3. The van der Waals surface area contributed by atoms with Crippen LogP contribution in [0.1, 0.15) is 0 Å². The maximum atomic E-state index is 5.13. The molecule has 18 heavy (non-hydrogen) atoms. The number of nitrogens with one attached hydrogen (secondary N) is 1. The van der Waals surface area contributed by atoms with Crippen molar-refractivity contribution in [2.24, 2.45) is 0 Å². The van der Waals surface area contributed by atoms with Gasteiger partial charge < -0.3 is 10.1 Å². The smallest absolute Gasteiger partial charge is 0.223 e. The average Bonchev–Trinajstić information content (AvgIpc) is 2.42. The van der Waals surface area contributed by atoms with E-state index in [0.29, 0.717) is 5.95 Å². The normalized spacial score (nSPS) is 10.2. The molecule has 1 heterocycles. The Morgan fingerprint density at radius 2 is 2.00 bits per heavy atom. The van der Waals surface area contributed by atoms with Crippen molar-refractivity contribution < 1.29 is 4.74 Å². The molecule has 2 rings (SSSR count). The number of hydrogen-bond donors (Lipinski definition) is 1. The Kier molecular flexibility index (Phi) is 4.43. The number of rotatable bonds is 4. The second kappa shape index (κ2) is 6.06. The molecule has 2 aromatic rings. The van der Waals surface area contributed by atoms with Crippen molar-refractivity contribution >= 4 is 33.6 Å². The van der Waals surface area contributed by atoms with Gasteiger partial charge in [-0.15, -0.1) is 0 Å². The minimum absolute atomic E-state index is 0.606. The van der Waals surface area contributed by atoms with Crippen LogP contribution in [0.5, 0.6) is 5.75 Å². The van der Waals surface area contributed by atoms with E-state index >= 15 is 0 Å². The van der Waals surface area contributed by atoms with Crippen LogP contribution in [0.25, 0.3) is 0 Å². The molecular formula is C12H12BrN3OS. The van der Waals surface area contributed by atoms with Crippen LogP contribution in [0.4, 0.5) is 5.95 Å². The largest absolute Gasteiger partial charge is 0.497 e. The fourth-order valence-corrected chi connectivity index (χ4v) is 2.51. The Hall–Kier alpha value is -1.27. The summed E-state index contributed by atoms with van der Waals surface area (Å²) in [5.74, 6) is 1.45. The Balaban J connectivity index is 2.21. The second-order valence-corrected chi connectivity index (χ2v) is 5.29. The Morgan fingerprint density at radius 3 is 2.61 bits per heavy atom. The fraction of sp³-hybridized carbons (Fsp3) is 0.167. The molecule has 0 saturated heterocycles. The molecule has 0 spiro atoms. The maximum Gasteiger partial charge on any atom is 0.223 e. The molecule has 1 aromatic heterocycles. The first-order valence-electron chi connectivity index (χ1n) is 5.25. The van der Waals surface area contributed by atoms with Gasteiger partial charge in [-0.1, -0.05) is 11.8 Å². The van der Waals surface area contributed by atoms with Gasteiger partial charge >= 0.3 is 0 Å². The second-order valence-electron chi connectivity index (χ2n) is 3.37. The maximum absolute atomic E-state index is 5.13. The van der Waals surface area contributed by atoms with Crippen molar-refractivity contribution in [2.75, 3.05) is 19.5 Å². The molecule has 0 unspecified atom stereocenters. The van der Waals surface area contributed by atoms with Gasteiger partial charge in [-0.05, 0) is 40.2 Å². The summed E-state index contributed by atoms with van der Waals surface area (Å²) in [6, 6.07) is 7.85. The Bertz CT molecular complexity index is 533. The van der Waals surface area contributed by atoms with E-state index in [0.717, 1.165) is 20.1 Å². The molecule has 6 heteroatoms. The van der Waals surface area contributed by atoms with Gasteiger partial charge in [-0.25, -0.2) is 9.97 Å². The lowest BCUT2D eigenvalue weighted by Gasteiger charge is -2.06. The van der Waals surface area contributed by atoms with Gasteiger partial charge in [0.25, 0.3) is 0 Å². The standard InChI is InChI=1S/C12H12BrN3OS/c1-14-12-15-7-10(13)11(16-12)18-9-5-3-8(17-2)4-6-9/h3-7H,1-2H3,(H,14,15,16). The number of nitrogens with zero attached hydrogens (tertiary/aromatic N) is 2. The van der Waals surface area contributed by atoms with E-state index in [1.54, 1.807) is 32.1 Å². The number of aromatic nitrogens is 2. The van der Waals surface area contributed by atoms with Crippen molar-refractivity contribution in [2.45, 2.75) is 9.92 Å². The molecule has 0 amide bonds. The summed E-state index contributed by atoms with van der Waals surface area (Å²) >= 11 is 5.02. The summed E-state index contributed by atoms with van der Waals surface area (Å²) in [7, 11) is 3.45. The summed E-state index contributed by atoms with van der Waals surface area (Å²) in [6.45, 7) is 0. The predicted molar refractivity (Wildman–Crippen MR) is 76.4 cm³/mol. The SMILES string of the molecule is CNc1ncc(Br)c(Sc2ccc(OC)cc2)n1. The summed E-state index contributed by atoms with van der Waals surface area (Å²) < 4.78 is 6.00. The van der Waals surface area contributed by atoms with E-state index in [9.17, 15) is 0 Å². The Morgan fingerprint density at radius 1 is 1.28 bits per heavy atom. The number of benzene rings is 1. The van der Waals surface area contributed by atoms with E-state index in [-0.39, 0.29) is 0 Å². The monoisotopic (exact) mass is 325 g/mol. The molecule has 4 nitrogen and oxygen atoms in total. The third kappa shape index (κ3) is 3.14. The third-order valence-electron chi connectivity index (χ3n) is 2.21. The quantitative estimate of drug-likeness (QED) is 0.872. The lowest BCUT2D eigenvalue weighted by molar-refractivity contribution is 0.414. The highest BCUT2D eigenvalue weighted by molar-refractivity contribution is 9.10. The first-order chi connectivity index (χ1) is 8.72. The molecule has 0 atom stereocenters. The van der Waals surface area contributed by atoms with Crippen LogP contribution in [-0.2, 0) is 0 Å². The highest BCUT2D eigenvalue weighted by Gasteiger charge is 2.06. The van der Waals surface area contributed by atoms with Gasteiger partial charge in [0, 0.05) is 18.1 Å². The molecule has 94 valence electrons. The van der Waals surface area contributed by atoms with Crippen molar-refractivity contribution in [3.63, 3.8) is 0 Å². The topological polar surface area (TPSA) is 47.0 Å². The van der Waals surface area contributed by atoms with Crippen LogP contribution in [0.15, 0.2) is 44.9 Å². The highest BCUT2D eigenvalue weighted by Crippen LogP contribution is 2.32.